The fraction of sp³-hybridized carbons (Fsp3) is 0.611. The van der Waals surface area contributed by atoms with Crippen molar-refractivity contribution >= 4 is 33.3 Å². The van der Waals surface area contributed by atoms with Gasteiger partial charge in [-0.25, -0.2) is 9.97 Å². The first kappa shape index (κ1) is 17.1. The first-order valence-electron chi connectivity index (χ1n) is 8.92. The molecule has 2 heterocycles. The zero-order chi connectivity index (χ0) is 16.9. The monoisotopic (exact) mass is 346 g/mol. The first-order chi connectivity index (χ1) is 11.7. The van der Waals surface area contributed by atoms with E-state index in [1.807, 2.05) is 11.9 Å². The summed E-state index contributed by atoms with van der Waals surface area (Å²) in [6, 6.07) is 2.58. The topological polar surface area (TPSA) is 58.1 Å². The van der Waals surface area contributed by atoms with Crippen LogP contribution in [0.2, 0.25) is 0 Å². The summed E-state index contributed by atoms with van der Waals surface area (Å²) >= 11 is 1.71. The molecule has 3 rings (SSSR count). The van der Waals surface area contributed by atoms with E-state index in [-0.39, 0.29) is 5.91 Å². The largest absolute Gasteiger partial charge is 0.369 e. The van der Waals surface area contributed by atoms with Crippen LogP contribution in [0, 0.1) is 0 Å². The Balaban J connectivity index is 1.56. The highest BCUT2D eigenvalue weighted by Crippen LogP contribution is 2.28. The van der Waals surface area contributed by atoms with E-state index in [2.05, 4.69) is 28.3 Å². The van der Waals surface area contributed by atoms with Gasteiger partial charge in [0, 0.05) is 30.9 Å². The normalized spacial score (nSPS) is 15.6. The number of amides is 1. The minimum Gasteiger partial charge on any atom is -0.369 e. The summed E-state index contributed by atoms with van der Waals surface area (Å²) in [5.74, 6) is 1.06. The third kappa shape index (κ3) is 3.86. The van der Waals surface area contributed by atoms with Gasteiger partial charge in [-0.15, -0.1) is 11.3 Å². The van der Waals surface area contributed by atoms with Crippen LogP contribution in [0.1, 0.15) is 50.3 Å². The second kappa shape index (κ2) is 7.92. The number of anilines is 1. The molecular formula is C18H26N4OS. The lowest BCUT2D eigenvalue weighted by Crippen LogP contribution is -2.38. The molecule has 0 radical (unpaired) electrons. The summed E-state index contributed by atoms with van der Waals surface area (Å²) in [6.07, 6.45) is 9.21. The van der Waals surface area contributed by atoms with Crippen molar-refractivity contribution in [3.8, 4) is 0 Å². The molecule has 130 valence electrons. The molecule has 1 aliphatic rings. The van der Waals surface area contributed by atoms with Crippen molar-refractivity contribution in [1.29, 1.82) is 0 Å². The van der Waals surface area contributed by atoms with Gasteiger partial charge in [-0.2, -0.15) is 0 Å². The SMILES string of the molecule is CCc1cc2c(NCCC(=O)N(C)C3CCCCC3)ncnc2s1. The number of thiophene rings is 1. The third-order valence-corrected chi connectivity index (χ3v) is 6.06. The number of fused-ring (bicyclic) bond motifs is 1. The number of hydrogen-bond donors (Lipinski definition) is 1. The Labute approximate surface area is 147 Å². The van der Waals surface area contributed by atoms with Crippen LogP contribution in [0.5, 0.6) is 0 Å². The summed E-state index contributed by atoms with van der Waals surface area (Å²) in [5, 5.41) is 4.38. The minimum absolute atomic E-state index is 0.222. The molecule has 6 heteroatoms. The number of nitrogens with one attached hydrogen (secondary N) is 1. The van der Waals surface area contributed by atoms with E-state index in [0.717, 1.165) is 35.3 Å². The zero-order valence-corrected chi connectivity index (χ0v) is 15.4. The third-order valence-electron chi connectivity index (χ3n) is 4.88. The van der Waals surface area contributed by atoms with Crippen molar-refractivity contribution in [3.05, 3.63) is 17.3 Å². The van der Waals surface area contributed by atoms with E-state index in [9.17, 15) is 4.79 Å². The van der Waals surface area contributed by atoms with Crippen molar-refractivity contribution in [2.75, 3.05) is 18.9 Å². The fourth-order valence-corrected chi connectivity index (χ4v) is 4.29. The molecule has 24 heavy (non-hydrogen) atoms. The number of carbonyl (C=O) groups is 1. The molecule has 5 nitrogen and oxygen atoms in total. The maximum atomic E-state index is 12.4. The van der Waals surface area contributed by atoms with Crippen LogP contribution < -0.4 is 5.32 Å². The van der Waals surface area contributed by atoms with E-state index in [0.29, 0.717) is 19.0 Å². The number of carbonyl (C=O) groups excluding carboxylic acids is 1. The number of aryl methyl sites for hydroxylation is 1. The molecule has 0 atom stereocenters. The highest BCUT2D eigenvalue weighted by molar-refractivity contribution is 7.18. The highest BCUT2D eigenvalue weighted by Gasteiger charge is 2.21. The molecule has 2 aromatic rings. The number of aromatic nitrogens is 2. The molecule has 2 aromatic heterocycles. The van der Waals surface area contributed by atoms with Gasteiger partial charge in [0.05, 0.1) is 5.39 Å². The Morgan fingerprint density at radius 3 is 2.88 bits per heavy atom. The van der Waals surface area contributed by atoms with Gasteiger partial charge < -0.3 is 10.2 Å². The summed E-state index contributed by atoms with van der Waals surface area (Å²) in [6.45, 7) is 2.75. The van der Waals surface area contributed by atoms with Gasteiger partial charge in [0.25, 0.3) is 0 Å². The molecule has 0 aromatic carbocycles. The lowest BCUT2D eigenvalue weighted by molar-refractivity contribution is -0.132. The summed E-state index contributed by atoms with van der Waals surface area (Å²) in [7, 11) is 1.95. The van der Waals surface area contributed by atoms with Gasteiger partial charge in [0.15, 0.2) is 0 Å². The zero-order valence-electron chi connectivity index (χ0n) is 14.5. The molecule has 0 aliphatic heterocycles. The van der Waals surface area contributed by atoms with Crippen molar-refractivity contribution in [2.24, 2.45) is 0 Å². The van der Waals surface area contributed by atoms with Crippen molar-refractivity contribution < 1.29 is 4.79 Å². The van der Waals surface area contributed by atoms with Crippen LogP contribution in [-0.2, 0) is 11.2 Å². The molecule has 0 bridgehead atoms. The van der Waals surface area contributed by atoms with Crippen LogP contribution in [0.3, 0.4) is 0 Å². The van der Waals surface area contributed by atoms with Crippen molar-refractivity contribution in [3.63, 3.8) is 0 Å². The average molecular weight is 346 g/mol. The predicted molar refractivity (Wildman–Crippen MR) is 99.5 cm³/mol. The standard InChI is InChI=1S/C18H26N4OS/c1-3-14-11-15-17(20-12-21-18(15)24-14)19-10-9-16(23)22(2)13-7-5-4-6-8-13/h11-13H,3-10H2,1-2H3,(H,19,20,21). The van der Waals surface area contributed by atoms with Crippen LogP contribution >= 0.6 is 11.3 Å². The predicted octanol–water partition coefficient (Wildman–Crippen LogP) is 3.85. The molecule has 0 unspecified atom stereocenters. The van der Waals surface area contributed by atoms with Gasteiger partial charge in [0.2, 0.25) is 5.91 Å². The molecule has 0 saturated heterocycles. The minimum atomic E-state index is 0.222. The lowest BCUT2D eigenvalue weighted by Gasteiger charge is -2.31. The van der Waals surface area contributed by atoms with Gasteiger partial charge in [-0.05, 0) is 25.3 Å². The van der Waals surface area contributed by atoms with E-state index < -0.39 is 0 Å². The smallest absolute Gasteiger partial charge is 0.224 e. The highest BCUT2D eigenvalue weighted by atomic mass is 32.1. The van der Waals surface area contributed by atoms with Gasteiger partial charge in [0.1, 0.15) is 17.0 Å². The van der Waals surface area contributed by atoms with Crippen LogP contribution in [-0.4, -0.2) is 40.4 Å². The van der Waals surface area contributed by atoms with Gasteiger partial charge in [-0.3, -0.25) is 4.79 Å². The van der Waals surface area contributed by atoms with Gasteiger partial charge >= 0.3 is 0 Å². The maximum absolute atomic E-state index is 12.4. The maximum Gasteiger partial charge on any atom is 0.224 e. The number of rotatable bonds is 6. The molecular weight excluding hydrogens is 320 g/mol. The fourth-order valence-electron chi connectivity index (χ4n) is 3.36. The molecule has 1 amide bonds. The summed E-state index contributed by atoms with van der Waals surface area (Å²) in [5.41, 5.74) is 0. The quantitative estimate of drug-likeness (QED) is 0.863. The molecule has 1 aliphatic carbocycles. The lowest BCUT2D eigenvalue weighted by atomic mass is 9.94. The van der Waals surface area contributed by atoms with E-state index >= 15 is 0 Å². The Morgan fingerprint density at radius 1 is 1.33 bits per heavy atom. The number of nitrogens with zero attached hydrogens (tertiary/aromatic N) is 3. The Hall–Kier alpha value is -1.69. The number of hydrogen-bond acceptors (Lipinski definition) is 5. The van der Waals surface area contributed by atoms with Crippen molar-refractivity contribution in [2.45, 2.75) is 57.9 Å². The second-order valence-corrected chi connectivity index (χ2v) is 7.60. The first-order valence-corrected chi connectivity index (χ1v) is 9.73. The van der Waals surface area contributed by atoms with Crippen molar-refractivity contribution in [1.82, 2.24) is 14.9 Å². The Bertz CT molecular complexity index is 693. The Morgan fingerprint density at radius 2 is 2.12 bits per heavy atom. The van der Waals surface area contributed by atoms with Crippen LogP contribution in [0.15, 0.2) is 12.4 Å². The molecule has 1 saturated carbocycles. The summed E-state index contributed by atoms with van der Waals surface area (Å²) < 4.78 is 0. The van der Waals surface area contributed by atoms with E-state index in [1.165, 1.54) is 24.1 Å². The molecule has 0 spiro atoms. The molecule has 1 N–H and O–H groups in total. The Kier molecular flexibility index (Phi) is 5.66. The molecule has 1 fully saturated rings. The summed E-state index contributed by atoms with van der Waals surface area (Å²) in [4.78, 5) is 25.4. The average Bonchev–Trinajstić information content (AvgIpc) is 3.06. The van der Waals surface area contributed by atoms with Crippen LogP contribution in [0.4, 0.5) is 5.82 Å². The van der Waals surface area contributed by atoms with Crippen LogP contribution in [0.25, 0.3) is 10.2 Å². The van der Waals surface area contributed by atoms with E-state index in [1.54, 1.807) is 17.7 Å². The second-order valence-electron chi connectivity index (χ2n) is 6.48. The van der Waals surface area contributed by atoms with Gasteiger partial charge in [-0.1, -0.05) is 26.2 Å². The van der Waals surface area contributed by atoms with E-state index in [4.69, 9.17) is 0 Å².